The molecule has 0 aliphatic carbocycles. The summed E-state index contributed by atoms with van der Waals surface area (Å²) < 4.78 is 0. The third-order valence-corrected chi connectivity index (χ3v) is 4.25. The van der Waals surface area contributed by atoms with Gasteiger partial charge < -0.3 is 15.7 Å². The summed E-state index contributed by atoms with van der Waals surface area (Å²) in [6.07, 6.45) is 7.41. The van der Waals surface area contributed by atoms with E-state index in [1.807, 2.05) is 0 Å². The molecule has 1 saturated heterocycles. The maximum atomic E-state index is 9.22. The minimum Gasteiger partial charge on any atom is -0.396 e. The monoisotopic (exact) mass is 270 g/mol. The molecule has 3 nitrogen and oxygen atoms in total. The number of aliphatic hydroxyl groups excluding tert-OH is 1. The molecule has 3 unspecified atom stereocenters. The van der Waals surface area contributed by atoms with Crippen molar-refractivity contribution in [3.05, 3.63) is 0 Å². The lowest BCUT2D eigenvalue weighted by Crippen LogP contribution is -2.47. The highest BCUT2D eigenvalue weighted by molar-refractivity contribution is 4.84. The van der Waals surface area contributed by atoms with Crippen LogP contribution in [0.5, 0.6) is 0 Å². The summed E-state index contributed by atoms with van der Waals surface area (Å²) in [5.41, 5.74) is 0.202. The lowest BCUT2D eigenvalue weighted by atomic mass is 9.84. The van der Waals surface area contributed by atoms with E-state index in [-0.39, 0.29) is 12.0 Å². The quantitative estimate of drug-likeness (QED) is 0.695. The second kappa shape index (κ2) is 8.23. The molecule has 0 aromatic heterocycles. The van der Waals surface area contributed by atoms with E-state index in [0.29, 0.717) is 18.1 Å². The van der Waals surface area contributed by atoms with Gasteiger partial charge in [0.05, 0.1) is 0 Å². The predicted molar refractivity (Wildman–Crippen MR) is 82.4 cm³/mol. The first-order valence-electron chi connectivity index (χ1n) is 8.03. The molecule has 0 aromatic rings. The molecule has 19 heavy (non-hydrogen) atoms. The van der Waals surface area contributed by atoms with Gasteiger partial charge in [0.15, 0.2) is 0 Å². The van der Waals surface area contributed by atoms with Crippen molar-refractivity contribution in [3.8, 4) is 0 Å². The van der Waals surface area contributed by atoms with E-state index < -0.39 is 0 Å². The standard InChI is InChI=1S/C16H34N2O/c1-13(12-14-8-6-5-7-10-17-14)18-15(9-11-19)16(2,3)4/h13-15,17-19H,5-12H2,1-4H3. The van der Waals surface area contributed by atoms with Gasteiger partial charge in [0.25, 0.3) is 0 Å². The SMILES string of the molecule is CC(CC1CCCCCN1)NC(CCO)C(C)(C)C. The molecule has 3 heteroatoms. The van der Waals surface area contributed by atoms with Crippen molar-refractivity contribution < 1.29 is 5.11 Å². The van der Waals surface area contributed by atoms with Crippen LogP contribution in [-0.4, -0.2) is 36.4 Å². The minimum atomic E-state index is 0.202. The topological polar surface area (TPSA) is 44.3 Å². The van der Waals surface area contributed by atoms with Crippen molar-refractivity contribution >= 4 is 0 Å². The van der Waals surface area contributed by atoms with E-state index >= 15 is 0 Å². The molecule has 1 fully saturated rings. The van der Waals surface area contributed by atoms with Crippen LogP contribution < -0.4 is 10.6 Å². The molecule has 0 radical (unpaired) electrons. The summed E-state index contributed by atoms with van der Waals surface area (Å²) >= 11 is 0. The Labute approximate surface area is 119 Å². The van der Waals surface area contributed by atoms with E-state index in [1.54, 1.807) is 0 Å². The number of nitrogens with one attached hydrogen (secondary N) is 2. The van der Waals surface area contributed by atoms with Crippen LogP contribution in [-0.2, 0) is 0 Å². The Kier molecular flexibility index (Phi) is 7.33. The molecule has 3 N–H and O–H groups in total. The molecule has 0 amide bonds. The Balaban J connectivity index is 2.40. The van der Waals surface area contributed by atoms with E-state index in [1.165, 1.54) is 38.6 Å². The maximum absolute atomic E-state index is 9.22. The van der Waals surface area contributed by atoms with Crippen LogP contribution in [0.3, 0.4) is 0 Å². The average Bonchev–Trinajstić information content (AvgIpc) is 2.56. The molecular formula is C16H34N2O. The molecule has 3 atom stereocenters. The first kappa shape index (κ1) is 16.9. The Hall–Kier alpha value is -0.120. The highest BCUT2D eigenvalue weighted by Gasteiger charge is 2.26. The Bertz CT molecular complexity index is 229. The number of aliphatic hydroxyl groups is 1. The van der Waals surface area contributed by atoms with Crippen LogP contribution in [0.4, 0.5) is 0 Å². The highest BCUT2D eigenvalue weighted by atomic mass is 16.3. The van der Waals surface area contributed by atoms with Gasteiger partial charge in [-0.05, 0) is 44.6 Å². The molecule has 1 heterocycles. The van der Waals surface area contributed by atoms with Crippen LogP contribution in [0.2, 0.25) is 0 Å². The third-order valence-electron chi connectivity index (χ3n) is 4.25. The van der Waals surface area contributed by atoms with Gasteiger partial charge in [0.2, 0.25) is 0 Å². The largest absolute Gasteiger partial charge is 0.396 e. The predicted octanol–water partition coefficient (Wildman–Crippen LogP) is 2.68. The lowest BCUT2D eigenvalue weighted by molar-refractivity contribution is 0.183. The second-order valence-electron chi connectivity index (χ2n) is 7.23. The first-order valence-corrected chi connectivity index (χ1v) is 8.03. The van der Waals surface area contributed by atoms with Gasteiger partial charge in [-0.25, -0.2) is 0 Å². The van der Waals surface area contributed by atoms with Crippen LogP contribution in [0.25, 0.3) is 0 Å². The Morgan fingerprint density at radius 1 is 1.26 bits per heavy atom. The fraction of sp³-hybridized carbons (Fsp3) is 1.00. The van der Waals surface area contributed by atoms with Crippen LogP contribution in [0.1, 0.15) is 66.2 Å². The summed E-state index contributed by atoms with van der Waals surface area (Å²) in [6.45, 7) is 10.5. The van der Waals surface area contributed by atoms with Gasteiger partial charge >= 0.3 is 0 Å². The number of hydrogen-bond donors (Lipinski definition) is 3. The molecular weight excluding hydrogens is 236 g/mol. The highest BCUT2D eigenvalue weighted by Crippen LogP contribution is 2.23. The average molecular weight is 270 g/mol. The van der Waals surface area contributed by atoms with Crippen LogP contribution >= 0.6 is 0 Å². The molecule has 0 bridgehead atoms. The van der Waals surface area contributed by atoms with Gasteiger partial charge in [-0.15, -0.1) is 0 Å². The van der Waals surface area contributed by atoms with E-state index in [0.717, 1.165) is 6.42 Å². The summed E-state index contributed by atoms with van der Waals surface area (Å²) in [5.74, 6) is 0. The van der Waals surface area contributed by atoms with Gasteiger partial charge in [-0.3, -0.25) is 0 Å². The van der Waals surface area contributed by atoms with Crippen molar-refractivity contribution in [3.63, 3.8) is 0 Å². The van der Waals surface area contributed by atoms with Gasteiger partial charge in [-0.1, -0.05) is 33.6 Å². The fourth-order valence-electron chi connectivity index (χ4n) is 3.04. The maximum Gasteiger partial charge on any atom is 0.0446 e. The summed E-state index contributed by atoms with van der Waals surface area (Å²) in [5, 5.41) is 16.6. The van der Waals surface area contributed by atoms with Gasteiger partial charge in [0.1, 0.15) is 0 Å². The smallest absolute Gasteiger partial charge is 0.0446 e. The molecule has 1 rings (SSSR count). The van der Waals surface area contributed by atoms with Crippen LogP contribution in [0, 0.1) is 5.41 Å². The van der Waals surface area contributed by atoms with Crippen molar-refractivity contribution in [1.29, 1.82) is 0 Å². The minimum absolute atomic E-state index is 0.202. The summed E-state index contributed by atoms with van der Waals surface area (Å²) in [4.78, 5) is 0. The molecule has 1 aliphatic rings. The van der Waals surface area contributed by atoms with Crippen molar-refractivity contribution in [2.24, 2.45) is 5.41 Å². The second-order valence-corrected chi connectivity index (χ2v) is 7.23. The Morgan fingerprint density at radius 3 is 2.63 bits per heavy atom. The molecule has 0 spiro atoms. The zero-order valence-corrected chi connectivity index (χ0v) is 13.3. The van der Waals surface area contributed by atoms with Gasteiger partial charge in [-0.2, -0.15) is 0 Å². The van der Waals surface area contributed by atoms with Gasteiger partial charge in [0, 0.05) is 24.7 Å². The van der Waals surface area contributed by atoms with E-state index in [9.17, 15) is 5.11 Å². The van der Waals surface area contributed by atoms with Crippen molar-refractivity contribution in [2.45, 2.75) is 84.3 Å². The van der Waals surface area contributed by atoms with Crippen molar-refractivity contribution in [1.82, 2.24) is 10.6 Å². The Morgan fingerprint density at radius 2 is 2.00 bits per heavy atom. The normalized spacial score (nSPS) is 24.8. The summed E-state index contributed by atoms with van der Waals surface area (Å²) in [7, 11) is 0. The van der Waals surface area contributed by atoms with E-state index in [2.05, 4.69) is 38.3 Å². The molecule has 1 aliphatic heterocycles. The first-order chi connectivity index (χ1) is 8.93. The lowest BCUT2D eigenvalue weighted by Gasteiger charge is -2.35. The van der Waals surface area contributed by atoms with Crippen LogP contribution in [0.15, 0.2) is 0 Å². The zero-order valence-electron chi connectivity index (χ0n) is 13.3. The number of rotatable bonds is 6. The summed E-state index contributed by atoms with van der Waals surface area (Å²) in [6, 6.07) is 1.56. The van der Waals surface area contributed by atoms with Crippen molar-refractivity contribution in [2.75, 3.05) is 13.2 Å². The zero-order chi connectivity index (χ0) is 14.3. The molecule has 114 valence electrons. The number of hydrogen-bond acceptors (Lipinski definition) is 3. The third kappa shape index (κ3) is 6.73. The fourth-order valence-corrected chi connectivity index (χ4v) is 3.04. The molecule has 0 saturated carbocycles. The van der Waals surface area contributed by atoms with E-state index in [4.69, 9.17) is 0 Å². The molecule has 0 aromatic carbocycles.